The monoisotopic (exact) mass is 180 g/mol. The van der Waals surface area contributed by atoms with Gasteiger partial charge in [-0.15, -0.1) is 0 Å². The third-order valence-corrected chi connectivity index (χ3v) is 2.72. The summed E-state index contributed by atoms with van der Waals surface area (Å²) >= 11 is 0. The summed E-state index contributed by atoms with van der Waals surface area (Å²) in [6.45, 7) is 0.567. The maximum absolute atomic E-state index is 8.81. The molecule has 0 heterocycles. The second-order valence-corrected chi connectivity index (χ2v) is 4.01. The molecule has 1 N–H and O–H groups in total. The lowest BCUT2D eigenvalue weighted by Crippen LogP contribution is -2.36. The van der Waals surface area contributed by atoms with Crippen molar-refractivity contribution in [1.82, 2.24) is 5.32 Å². The minimum Gasteiger partial charge on any atom is -0.375 e. The first-order valence-electron chi connectivity index (χ1n) is 5.16. The number of nitriles is 1. The van der Waals surface area contributed by atoms with E-state index in [4.69, 9.17) is 10.00 Å². The number of hydrogen-bond donors (Lipinski definition) is 1. The van der Waals surface area contributed by atoms with Crippen molar-refractivity contribution < 1.29 is 4.74 Å². The highest BCUT2D eigenvalue weighted by Crippen LogP contribution is 2.23. The fourth-order valence-corrected chi connectivity index (χ4v) is 1.43. The predicted molar refractivity (Wildman–Crippen MR) is 49.1 cm³/mol. The Morgan fingerprint density at radius 1 is 1.38 bits per heavy atom. The maximum Gasteiger partial charge on any atom is 0.119 e. The average Bonchev–Trinajstić information content (AvgIpc) is 2.83. The van der Waals surface area contributed by atoms with Crippen molar-refractivity contribution in [3.8, 4) is 6.07 Å². The molecule has 0 aromatic rings. The Morgan fingerprint density at radius 3 is 2.62 bits per heavy atom. The molecule has 0 spiro atoms. The molecular weight excluding hydrogens is 164 g/mol. The van der Waals surface area contributed by atoms with Gasteiger partial charge in [0, 0.05) is 6.04 Å². The van der Waals surface area contributed by atoms with E-state index in [0.29, 0.717) is 18.8 Å². The van der Waals surface area contributed by atoms with Crippen LogP contribution in [0.5, 0.6) is 0 Å². The van der Waals surface area contributed by atoms with Gasteiger partial charge in [-0.1, -0.05) is 0 Å². The molecule has 13 heavy (non-hydrogen) atoms. The summed E-state index contributed by atoms with van der Waals surface area (Å²) in [7, 11) is 0. The van der Waals surface area contributed by atoms with Crippen molar-refractivity contribution in [3.63, 3.8) is 0 Å². The van der Waals surface area contributed by atoms with Gasteiger partial charge in [0.2, 0.25) is 0 Å². The number of hydrogen-bond acceptors (Lipinski definition) is 3. The quantitative estimate of drug-likeness (QED) is 0.691. The van der Waals surface area contributed by atoms with E-state index in [9.17, 15) is 0 Å². The Morgan fingerprint density at radius 2 is 2.15 bits per heavy atom. The molecule has 0 radical (unpaired) electrons. The Bertz CT molecular complexity index is 203. The first kappa shape index (κ1) is 8.98. The second kappa shape index (κ2) is 4.08. The van der Waals surface area contributed by atoms with Crippen LogP contribution in [0, 0.1) is 11.3 Å². The van der Waals surface area contributed by atoms with Crippen molar-refractivity contribution >= 4 is 0 Å². The first-order chi connectivity index (χ1) is 6.38. The summed E-state index contributed by atoms with van der Waals surface area (Å²) in [5, 5.41) is 12.1. The van der Waals surface area contributed by atoms with Crippen LogP contribution in [0.3, 0.4) is 0 Å². The van der Waals surface area contributed by atoms with Crippen LogP contribution in [-0.2, 0) is 4.74 Å². The predicted octanol–water partition coefficient (Wildman–Crippen LogP) is 1.20. The van der Waals surface area contributed by atoms with E-state index in [1.165, 1.54) is 32.1 Å². The summed E-state index contributed by atoms with van der Waals surface area (Å²) in [5.41, 5.74) is 0. The number of nitrogens with one attached hydrogen (secondary N) is 1. The Labute approximate surface area is 79.1 Å². The molecule has 2 rings (SSSR count). The zero-order valence-corrected chi connectivity index (χ0v) is 7.83. The van der Waals surface area contributed by atoms with Gasteiger partial charge in [-0.2, -0.15) is 5.26 Å². The summed E-state index contributed by atoms with van der Waals surface area (Å²) in [5.74, 6) is 0. The fraction of sp³-hybridized carbons (Fsp3) is 0.900. The lowest BCUT2D eigenvalue weighted by atomic mass is 9.96. The lowest BCUT2D eigenvalue weighted by Gasteiger charge is -2.26. The molecule has 0 aromatic heterocycles. The molecule has 3 heteroatoms. The van der Waals surface area contributed by atoms with Gasteiger partial charge in [-0.05, 0) is 32.1 Å². The number of rotatable bonds is 5. The van der Waals surface area contributed by atoms with Crippen molar-refractivity contribution in [2.75, 3.05) is 6.61 Å². The van der Waals surface area contributed by atoms with Gasteiger partial charge in [-0.25, -0.2) is 0 Å². The normalized spacial score (nSPS) is 24.8. The van der Waals surface area contributed by atoms with Gasteiger partial charge in [0.15, 0.2) is 0 Å². The van der Waals surface area contributed by atoms with Crippen LogP contribution in [0.2, 0.25) is 0 Å². The standard InChI is InChI=1S/C10H16N2O/c11-6-9(12-8-4-5-8)7-13-10-2-1-3-10/h8-10,12H,1-5,7H2. The number of ether oxygens (including phenoxy) is 1. The molecular formula is C10H16N2O. The van der Waals surface area contributed by atoms with E-state index in [1.807, 2.05) is 0 Å². The van der Waals surface area contributed by atoms with Crippen molar-refractivity contribution in [2.24, 2.45) is 0 Å². The zero-order chi connectivity index (χ0) is 9.10. The molecule has 1 atom stereocenters. The highest BCUT2D eigenvalue weighted by Gasteiger charge is 2.26. The van der Waals surface area contributed by atoms with Crippen LogP contribution in [0.15, 0.2) is 0 Å². The van der Waals surface area contributed by atoms with Crippen LogP contribution >= 0.6 is 0 Å². The molecule has 0 bridgehead atoms. The van der Waals surface area contributed by atoms with Crippen LogP contribution in [0.25, 0.3) is 0 Å². The average molecular weight is 180 g/mol. The van der Waals surface area contributed by atoms with Gasteiger partial charge in [0.25, 0.3) is 0 Å². The van der Waals surface area contributed by atoms with Crippen LogP contribution < -0.4 is 5.32 Å². The minimum absolute atomic E-state index is 0.0897. The molecule has 2 aliphatic rings. The van der Waals surface area contributed by atoms with Gasteiger partial charge in [0.05, 0.1) is 18.8 Å². The van der Waals surface area contributed by atoms with E-state index < -0.39 is 0 Å². The smallest absolute Gasteiger partial charge is 0.119 e. The molecule has 0 aliphatic heterocycles. The van der Waals surface area contributed by atoms with E-state index in [0.717, 1.165) is 0 Å². The fourth-order valence-electron chi connectivity index (χ4n) is 1.43. The summed E-state index contributed by atoms with van der Waals surface area (Å²) < 4.78 is 5.57. The van der Waals surface area contributed by atoms with E-state index in [1.54, 1.807) is 0 Å². The Kier molecular flexibility index (Phi) is 2.82. The molecule has 72 valence electrons. The van der Waals surface area contributed by atoms with Gasteiger partial charge < -0.3 is 4.74 Å². The first-order valence-corrected chi connectivity index (χ1v) is 5.16. The molecule has 1 unspecified atom stereocenters. The summed E-state index contributed by atoms with van der Waals surface area (Å²) in [4.78, 5) is 0. The molecule has 0 saturated heterocycles. The topological polar surface area (TPSA) is 45.0 Å². The Hall–Kier alpha value is -0.590. The zero-order valence-electron chi connectivity index (χ0n) is 7.83. The van der Waals surface area contributed by atoms with Crippen molar-refractivity contribution in [3.05, 3.63) is 0 Å². The SMILES string of the molecule is N#CC(COC1CCC1)NC1CC1. The summed E-state index contributed by atoms with van der Waals surface area (Å²) in [6, 6.07) is 2.74. The maximum atomic E-state index is 8.81. The highest BCUT2D eigenvalue weighted by molar-refractivity contribution is 4.96. The van der Waals surface area contributed by atoms with E-state index >= 15 is 0 Å². The van der Waals surface area contributed by atoms with Gasteiger partial charge >= 0.3 is 0 Å². The molecule has 0 amide bonds. The lowest BCUT2D eigenvalue weighted by molar-refractivity contribution is -0.00270. The molecule has 2 aliphatic carbocycles. The molecule has 0 aromatic carbocycles. The van der Waals surface area contributed by atoms with E-state index in [2.05, 4.69) is 11.4 Å². The van der Waals surface area contributed by atoms with E-state index in [-0.39, 0.29) is 6.04 Å². The van der Waals surface area contributed by atoms with Gasteiger partial charge in [-0.3, -0.25) is 5.32 Å². The van der Waals surface area contributed by atoms with Gasteiger partial charge in [0.1, 0.15) is 6.04 Å². The largest absolute Gasteiger partial charge is 0.375 e. The molecule has 3 nitrogen and oxygen atoms in total. The molecule has 2 saturated carbocycles. The Balaban J connectivity index is 1.61. The second-order valence-electron chi connectivity index (χ2n) is 4.01. The third-order valence-electron chi connectivity index (χ3n) is 2.72. The highest BCUT2D eigenvalue weighted by atomic mass is 16.5. The van der Waals surface area contributed by atoms with Crippen LogP contribution in [0.1, 0.15) is 32.1 Å². The minimum atomic E-state index is -0.0897. The van der Waals surface area contributed by atoms with Crippen molar-refractivity contribution in [1.29, 1.82) is 5.26 Å². The van der Waals surface area contributed by atoms with Crippen LogP contribution in [-0.4, -0.2) is 24.8 Å². The summed E-state index contributed by atoms with van der Waals surface area (Å²) in [6.07, 6.45) is 6.54. The van der Waals surface area contributed by atoms with Crippen molar-refractivity contribution in [2.45, 2.75) is 50.3 Å². The number of nitrogens with zero attached hydrogens (tertiary/aromatic N) is 1. The third kappa shape index (κ3) is 2.68. The molecule has 2 fully saturated rings. The van der Waals surface area contributed by atoms with Crippen LogP contribution in [0.4, 0.5) is 0 Å².